The minimum atomic E-state index is 0.0654. The van der Waals surface area contributed by atoms with E-state index in [0.29, 0.717) is 10.8 Å². The SMILES string of the molecule is CNC(c1ccc(OC)c(Cl)c1)c1ccc(Cl)cc1C. The summed E-state index contributed by atoms with van der Waals surface area (Å²) in [4.78, 5) is 0. The quantitative estimate of drug-likeness (QED) is 0.890. The summed E-state index contributed by atoms with van der Waals surface area (Å²) in [7, 11) is 3.54. The summed E-state index contributed by atoms with van der Waals surface area (Å²) in [6.45, 7) is 2.05. The number of hydrogen-bond acceptors (Lipinski definition) is 2. The Morgan fingerprint density at radius 1 is 1.10 bits per heavy atom. The molecule has 2 rings (SSSR count). The molecular weight excluding hydrogens is 293 g/mol. The van der Waals surface area contributed by atoms with Crippen LogP contribution in [0.3, 0.4) is 0 Å². The van der Waals surface area contributed by atoms with Crippen LogP contribution in [0.25, 0.3) is 0 Å². The minimum absolute atomic E-state index is 0.0654. The summed E-state index contributed by atoms with van der Waals surface area (Å²) in [5.74, 6) is 0.679. The molecule has 0 bridgehead atoms. The van der Waals surface area contributed by atoms with Crippen molar-refractivity contribution in [3.8, 4) is 5.75 Å². The van der Waals surface area contributed by atoms with Gasteiger partial charge in [0.25, 0.3) is 0 Å². The van der Waals surface area contributed by atoms with Crippen molar-refractivity contribution in [2.24, 2.45) is 0 Å². The third-order valence-electron chi connectivity index (χ3n) is 3.34. The van der Waals surface area contributed by atoms with Gasteiger partial charge in [-0.1, -0.05) is 35.3 Å². The maximum Gasteiger partial charge on any atom is 0.137 e. The first-order valence-corrected chi connectivity index (χ1v) is 7.09. The number of aryl methyl sites for hydroxylation is 1. The Kier molecular flexibility index (Phi) is 4.92. The summed E-state index contributed by atoms with van der Waals surface area (Å²) < 4.78 is 5.19. The first-order chi connectivity index (χ1) is 9.56. The van der Waals surface area contributed by atoms with E-state index in [0.717, 1.165) is 16.1 Å². The molecule has 0 fully saturated rings. The van der Waals surface area contributed by atoms with Gasteiger partial charge in [0.2, 0.25) is 0 Å². The second-order valence-corrected chi connectivity index (χ2v) is 5.46. The van der Waals surface area contributed by atoms with E-state index in [-0.39, 0.29) is 6.04 Å². The lowest BCUT2D eigenvalue weighted by molar-refractivity contribution is 0.414. The van der Waals surface area contributed by atoms with Crippen LogP contribution in [0.4, 0.5) is 0 Å². The van der Waals surface area contributed by atoms with Gasteiger partial charge in [0.15, 0.2) is 0 Å². The molecule has 0 radical (unpaired) electrons. The highest BCUT2D eigenvalue weighted by molar-refractivity contribution is 6.32. The molecular formula is C16H17Cl2NO. The molecule has 0 aromatic heterocycles. The van der Waals surface area contributed by atoms with E-state index in [1.54, 1.807) is 7.11 Å². The molecule has 2 nitrogen and oxygen atoms in total. The second kappa shape index (κ2) is 6.49. The number of hydrogen-bond donors (Lipinski definition) is 1. The van der Waals surface area contributed by atoms with Gasteiger partial charge in [-0.15, -0.1) is 0 Å². The number of halogens is 2. The Morgan fingerprint density at radius 3 is 2.40 bits per heavy atom. The molecule has 0 aliphatic carbocycles. The van der Waals surface area contributed by atoms with E-state index < -0.39 is 0 Å². The Bertz CT molecular complexity index is 613. The smallest absolute Gasteiger partial charge is 0.137 e. The molecule has 0 saturated carbocycles. The number of methoxy groups -OCH3 is 1. The number of ether oxygens (including phenoxy) is 1. The van der Waals surface area contributed by atoms with E-state index in [4.69, 9.17) is 27.9 Å². The largest absolute Gasteiger partial charge is 0.495 e. The van der Waals surface area contributed by atoms with Gasteiger partial charge in [-0.25, -0.2) is 0 Å². The molecule has 0 aliphatic heterocycles. The molecule has 1 atom stereocenters. The number of benzene rings is 2. The molecule has 2 aromatic carbocycles. The van der Waals surface area contributed by atoms with Crippen molar-refractivity contribution in [3.63, 3.8) is 0 Å². The minimum Gasteiger partial charge on any atom is -0.495 e. The number of nitrogens with one attached hydrogen (secondary N) is 1. The maximum atomic E-state index is 6.21. The summed E-state index contributed by atoms with van der Waals surface area (Å²) in [6, 6.07) is 11.8. The van der Waals surface area contributed by atoms with Gasteiger partial charge < -0.3 is 10.1 Å². The highest BCUT2D eigenvalue weighted by Crippen LogP contribution is 2.31. The Labute approximate surface area is 129 Å². The van der Waals surface area contributed by atoms with E-state index in [1.165, 1.54) is 5.56 Å². The van der Waals surface area contributed by atoms with E-state index >= 15 is 0 Å². The van der Waals surface area contributed by atoms with Crippen molar-refractivity contribution in [2.45, 2.75) is 13.0 Å². The highest BCUT2D eigenvalue weighted by Gasteiger charge is 2.16. The predicted molar refractivity (Wildman–Crippen MR) is 85.1 cm³/mol. The molecule has 4 heteroatoms. The molecule has 106 valence electrons. The van der Waals surface area contributed by atoms with Crippen LogP contribution in [-0.2, 0) is 0 Å². The summed E-state index contributed by atoms with van der Waals surface area (Å²) in [5, 5.41) is 4.67. The molecule has 1 N–H and O–H groups in total. The fourth-order valence-corrected chi connectivity index (χ4v) is 2.82. The fraction of sp³-hybridized carbons (Fsp3) is 0.250. The van der Waals surface area contributed by atoms with Crippen molar-refractivity contribution >= 4 is 23.2 Å². The zero-order chi connectivity index (χ0) is 14.7. The van der Waals surface area contributed by atoms with Crippen LogP contribution in [0.15, 0.2) is 36.4 Å². The third kappa shape index (κ3) is 3.09. The first-order valence-electron chi connectivity index (χ1n) is 6.33. The molecule has 0 saturated heterocycles. The zero-order valence-corrected chi connectivity index (χ0v) is 13.2. The van der Waals surface area contributed by atoms with Crippen LogP contribution >= 0.6 is 23.2 Å². The lowest BCUT2D eigenvalue weighted by atomic mass is 9.95. The van der Waals surface area contributed by atoms with Crippen LogP contribution in [0.5, 0.6) is 5.75 Å². The Hall–Kier alpha value is -1.22. The van der Waals surface area contributed by atoms with Crippen molar-refractivity contribution in [1.29, 1.82) is 0 Å². The molecule has 2 aromatic rings. The standard InChI is InChI=1S/C16H17Cl2NO/c1-10-8-12(17)5-6-13(10)16(19-2)11-4-7-15(20-3)14(18)9-11/h4-9,16,19H,1-3H3. The third-order valence-corrected chi connectivity index (χ3v) is 3.87. The van der Waals surface area contributed by atoms with Crippen molar-refractivity contribution in [3.05, 3.63) is 63.1 Å². The topological polar surface area (TPSA) is 21.3 Å². The average Bonchev–Trinajstić information content (AvgIpc) is 2.42. The van der Waals surface area contributed by atoms with Crippen LogP contribution in [0.2, 0.25) is 10.0 Å². The summed E-state index contributed by atoms with van der Waals surface area (Å²) in [6.07, 6.45) is 0. The number of rotatable bonds is 4. The van der Waals surface area contributed by atoms with E-state index in [1.807, 2.05) is 43.4 Å². The normalized spacial score (nSPS) is 12.2. The van der Waals surface area contributed by atoms with Gasteiger partial charge in [-0.2, -0.15) is 0 Å². The first kappa shape index (κ1) is 15.2. The van der Waals surface area contributed by atoms with Gasteiger partial charge >= 0.3 is 0 Å². The zero-order valence-electron chi connectivity index (χ0n) is 11.7. The van der Waals surface area contributed by atoms with Crippen molar-refractivity contribution in [1.82, 2.24) is 5.32 Å². The molecule has 1 unspecified atom stereocenters. The molecule has 0 aliphatic rings. The monoisotopic (exact) mass is 309 g/mol. The molecule has 0 amide bonds. The Balaban J connectivity index is 2.44. The van der Waals surface area contributed by atoms with Crippen LogP contribution in [-0.4, -0.2) is 14.2 Å². The molecule has 20 heavy (non-hydrogen) atoms. The highest BCUT2D eigenvalue weighted by atomic mass is 35.5. The van der Waals surface area contributed by atoms with Crippen molar-refractivity contribution < 1.29 is 4.74 Å². The van der Waals surface area contributed by atoms with Gasteiger partial charge in [0, 0.05) is 5.02 Å². The van der Waals surface area contributed by atoms with Gasteiger partial charge in [0.05, 0.1) is 18.2 Å². The maximum absolute atomic E-state index is 6.21. The fourth-order valence-electron chi connectivity index (χ4n) is 2.33. The van der Waals surface area contributed by atoms with Crippen molar-refractivity contribution in [2.75, 3.05) is 14.2 Å². The van der Waals surface area contributed by atoms with E-state index in [9.17, 15) is 0 Å². The second-order valence-electron chi connectivity index (χ2n) is 4.62. The van der Waals surface area contributed by atoms with Gasteiger partial charge in [0.1, 0.15) is 5.75 Å². The lowest BCUT2D eigenvalue weighted by Crippen LogP contribution is -2.18. The van der Waals surface area contributed by atoms with Crippen LogP contribution < -0.4 is 10.1 Å². The molecule has 0 spiro atoms. The van der Waals surface area contributed by atoms with Crippen LogP contribution in [0.1, 0.15) is 22.7 Å². The summed E-state index contributed by atoms with van der Waals surface area (Å²) >= 11 is 12.2. The summed E-state index contributed by atoms with van der Waals surface area (Å²) in [5.41, 5.74) is 3.41. The average molecular weight is 310 g/mol. The lowest BCUT2D eigenvalue weighted by Gasteiger charge is -2.20. The van der Waals surface area contributed by atoms with Gasteiger partial charge in [-0.05, 0) is 54.9 Å². The van der Waals surface area contributed by atoms with E-state index in [2.05, 4.69) is 12.2 Å². The van der Waals surface area contributed by atoms with Gasteiger partial charge in [-0.3, -0.25) is 0 Å². The van der Waals surface area contributed by atoms with Crippen LogP contribution in [0, 0.1) is 6.92 Å². The Morgan fingerprint density at radius 2 is 1.85 bits per heavy atom. The predicted octanol–water partition coefficient (Wildman–Crippen LogP) is 4.62. The molecule has 0 heterocycles.